The normalized spacial score (nSPS) is 10.8. The second-order valence-electron chi connectivity index (χ2n) is 4.17. The van der Waals surface area contributed by atoms with Crippen LogP contribution in [0.4, 0.5) is 14.5 Å². The van der Waals surface area contributed by atoms with Crippen molar-refractivity contribution in [1.82, 2.24) is 4.98 Å². The molecular formula is C14H13BrF2N2. The quantitative estimate of drug-likeness (QED) is 0.823. The monoisotopic (exact) mass is 326 g/mol. The molecule has 0 saturated heterocycles. The number of aromatic nitrogens is 1. The second-order valence-corrected chi connectivity index (χ2v) is 4.98. The lowest BCUT2D eigenvalue weighted by molar-refractivity contribution is 0.151. The minimum absolute atomic E-state index is 0.0463. The number of aryl methyl sites for hydroxylation is 1. The highest BCUT2D eigenvalue weighted by Crippen LogP contribution is 2.21. The zero-order chi connectivity index (χ0) is 13.8. The summed E-state index contributed by atoms with van der Waals surface area (Å²) in [5.74, 6) is 0. The van der Waals surface area contributed by atoms with Crippen LogP contribution in [0.15, 0.2) is 41.0 Å². The van der Waals surface area contributed by atoms with Crippen LogP contribution >= 0.6 is 15.9 Å². The van der Waals surface area contributed by atoms with E-state index in [0.29, 0.717) is 6.54 Å². The zero-order valence-corrected chi connectivity index (χ0v) is 11.9. The zero-order valence-electron chi connectivity index (χ0n) is 10.3. The van der Waals surface area contributed by atoms with Gasteiger partial charge in [0.05, 0.1) is 11.4 Å². The molecule has 2 aromatic rings. The van der Waals surface area contributed by atoms with Crippen LogP contribution in [0.2, 0.25) is 0 Å². The first kappa shape index (κ1) is 13.9. The standard InChI is InChI=1S/C14H13BrF2N2/c1-9-12(5-6-13(15)19-9)18-8-10-3-2-4-11(7-10)14(16)17/h2-7,14,18H,8H2,1H3. The van der Waals surface area contributed by atoms with Crippen molar-refractivity contribution in [1.29, 1.82) is 0 Å². The van der Waals surface area contributed by atoms with Crippen LogP contribution < -0.4 is 5.32 Å². The van der Waals surface area contributed by atoms with Gasteiger partial charge in [-0.1, -0.05) is 18.2 Å². The summed E-state index contributed by atoms with van der Waals surface area (Å²) in [6, 6.07) is 10.2. The summed E-state index contributed by atoms with van der Waals surface area (Å²) >= 11 is 3.30. The van der Waals surface area contributed by atoms with Crippen LogP contribution in [-0.2, 0) is 6.54 Å². The van der Waals surface area contributed by atoms with Gasteiger partial charge in [0, 0.05) is 12.1 Å². The summed E-state index contributed by atoms with van der Waals surface area (Å²) in [5, 5.41) is 3.19. The predicted molar refractivity (Wildman–Crippen MR) is 75.4 cm³/mol. The lowest BCUT2D eigenvalue weighted by Crippen LogP contribution is -2.02. The van der Waals surface area contributed by atoms with Crippen molar-refractivity contribution < 1.29 is 8.78 Å². The molecule has 0 unspecified atom stereocenters. The molecule has 0 aliphatic rings. The molecule has 2 nitrogen and oxygen atoms in total. The van der Waals surface area contributed by atoms with E-state index < -0.39 is 6.43 Å². The Kier molecular flexibility index (Phi) is 4.47. The summed E-state index contributed by atoms with van der Waals surface area (Å²) in [6.45, 7) is 2.38. The molecule has 0 amide bonds. The Balaban J connectivity index is 2.08. The van der Waals surface area contributed by atoms with Gasteiger partial charge in [-0.05, 0) is 46.6 Å². The molecule has 1 heterocycles. The molecule has 0 atom stereocenters. The molecule has 1 aromatic heterocycles. The largest absolute Gasteiger partial charge is 0.380 e. The van der Waals surface area contributed by atoms with E-state index in [1.54, 1.807) is 6.07 Å². The molecule has 0 aliphatic carbocycles. The number of anilines is 1. The number of hydrogen-bond acceptors (Lipinski definition) is 2. The minimum Gasteiger partial charge on any atom is -0.380 e. The van der Waals surface area contributed by atoms with E-state index in [4.69, 9.17) is 0 Å². The number of nitrogens with zero attached hydrogens (tertiary/aromatic N) is 1. The van der Waals surface area contributed by atoms with Gasteiger partial charge in [0.25, 0.3) is 6.43 Å². The topological polar surface area (TPSA) is 24.9 Å². The molecule has 0 aliphatic heterocycles. The molecule has 0 saturated carbocycles. The average molecular weight is 327 g/mol. The smallest absolute Gasteiger partial charge is 0.263 e. The molecule has 2 rings (SSSR count). The third-order valence-electron chi connectivity index (χ3n) is 2.74. The number of hydrogen-bond donors (Lipinski definition) is 1. The second kappa shape index (κ2) is 6.10. The number of benzene rings is 1. The Hall–Kier alpha value is -1.49. The number of pyridine rings is 1. The first-order chi connectivity index (χ1) is 9.06. The van der Waals surface area contributed by atoms with Gasteiger partial charge in [-0.3, -0.25) is 0 Å². The first-order valence-electron chi connectivity index (χ1n) is 5.80. The number of alkyl halides is 2. The number of nitrogens with one attached hydrogen (secondary N) is 1. The van der Waals surface area contributed by atoms with Gasteiger partial charge in [0.15, 0.2) is 0 Å². The molecule has 19 heavy (non-hydrogen) atoms. The van der Waals surface area contributed by atoms with Crippen molar-refractivity contribution in [2.24, 2.45) is 0 Å². The van der Waals surface area contributed by atoms with E-state index in [1.165, 1.54) is 12.1 Å². The van der Waals surface area contributed by atoms with Gasteiger partial charge >= 0.3 is 0 Å². The van der Waals surface area contributed by atoms with Crippen molar-refractivity contribution in [3.63, 3.8) is 0 Å². The van der Waals surface area contributed by atoms with Crippen LogP contribution in [-0.4, -0.2) is 4.98 Å². The summed E-state index contributed by atoms with van der Waals surface area (Å²) in [7, 11) is 0. The molecule has 0 fully saturated rings. The van der Waals surface area contributed by atoms with E-state index in [2.05, 4.69) is 26.2 Å². The Morgan fingerprint density at radius 2 is 2.05 bits per heavy atom. The minimum atomic E-state index is -2.43. The Bertz CT molecular complexity index is 573. The number of halogens is 3. The Morgan fingerprint density at radius 1 is 1.26 bits per heavy atom. The third-order valence-corrected chi connectivity index (χ3v) is 3.18. The van der Waals surface area contributed by atoms with Crippen molar-refractivity contribution in [2.45, 2.75) is 19.9 Å². The van der Waals surface area contributed by atoms with Crippen LogP contribution in [0.25, 0.3) is 0 Å². The lowest BCUT2D eigenvalue weighted by Gasteiger charge is -2.10. The van der Waals surface area contributed by atoms with E-state index in [1.807, 2.05) is 25.1 Å². The summed E-state index contributed by atoms with van der Waals surface area (Å²) in [6.07, 6.45) is -2.43. The maximum atomic E-state index is 12.6. The predicted octanol–water partition coefficient (Wildman–Crippen LogP) is 4.70. The summed E-state index contributed by atoms with van der Waals surface area (Å²) in [4.78, 5) is 4.27. The van der Waals surface area contributed by atoms with Crippen LogP contribution in [0, 0.1) is 6.92 Å². The van der Waals surface area contributed by atoms with Gasteiger partial charge in [-0.15, -0.1) is 0 Å². The molecule has 1 aromatic carbocycles. The van der Waals surface area contributed by atoms with E-state index in [9.17, 15) is 8.78 Å². The number of rotatable bonds is 4. The van der Waals surface area contributed by atoms with Crippen LogP contribution in [0.5, 0.6) is 0 Å². The van der Waals surface area contributed by atoms with Gasteiger partial charge in [-0.25, -0.2) is 13.8 Å². The fourth-order valence-electron chi connectivity index (χ4n) is 1.75. The fraction of sp³-hybridized carbons (Fsp3) is 0.214. The maximum absolute atomic E-state index is 12.6. The molecule has 1 N–H and O–H groups in total. The van der Waals surface area contributed by atoms with Crippen molar-refractivity contribution in [2.75, 3.05) is 5.32 Å². The summed E-state index contributed by atoms with van der Waals surface area (Å²) in [5.41, 5.74) is 2.62. The molecule has 0 spiro atoms. The van der Waals surface area contributed by atoms with E-state index in [0.717, 1.165) is 21.5 Å². The van der Waals surface area contributed by atoms with Gasteiger partial charge in [0.2, 0.25) is 0 Å². The van der Waals surface area contributed by atoms with E-state index >= 15 is 0 Å². The van der Waals surface area contributed by atoms with Gasteiger partial charge in [-0.2, -0.15) is 0 Å². The Labute approximate surface area is 119 Å². The first-order valence-corrected chi connectivity index (χ1v) is 6.59. The highest BCUT2D eigenvalue weighted by atomic mass is 79.9. The molecule has 0 radical (unpaired) electrons. The van der Waals surface area contributed by atoms with Crippen LogP contribution in [0.3, 0.4) is 0 Å². The summed E-state index contributed by atoms with van der Waals surface area (Å²) < 4.78 is 25.9. The molecule has 0 bridgehead atoms. The Morgan fingerprint density at radius 3 is 2.74 bits per heavy atom. The fourth-order valence-corrected chi connectivity index (χ4v) is 2.15. The van der Waals surface area contributed by atoms with Crippen molar-refractivity contribution in [3.8, 4) is 0 Å². The van der Waals surface area contributed by atoms with Gasteiger partial charge in [0.1, 0.15) is 4.60 Å². The third kappa shape index (κ3) is 3.73. The molecular weight excluding hydrogens is 314 g/mol. The SMILES string of the molecule is Cc1nc(Br)ccc1NCc1cccc(C(F)F)c1. The average Bonchev–Trinajstić information content (AvgIpc) is 2.38. The van der Waals surface area contributed by atoms with Crippen molar-refractivity contribution >= 4 is 21.6 Å². The maximum Gasteiger partial charge on any atom is 0.263 e. The van der Waals surface area contributed by atoms with E-state index in [-0.39, 0.29) is 5.56 Å². The van der Waals surface area contributed by atoms with Gasteiger partial charge < -0.3 is 5.32 Å². The highest BCUT2D eigenvalue weighted by molar-refractivity contribution is 9.10. The highest BCUT2D eigenvalue weighted by Gasteiger charge is 2.07. The molecule has 5 heteroatoms. The van der Waals surface area contributed by atoms with Crippen LogP contribution in [0.1, 0.15) is 23.2 Å². The van der Waals surface area contributed by atoms with Crippen molar-refractivity contribution in [3.05, 3.63) is 57.8 Å². The lowest BCUT2D eigenvalue weighted by atomic mass is 10.1. The molecule has 100 valence electrons.